The van der Waals surface area contributed by atoms with Gasteiger partial charge in [-0.1, -0.05) is 24.3 Å². The number of aryl methyl sites for hydroxylation is 1. The van der Waals surface area contributed by atoms with E-state index in [0.717, 1.165) is 5.75 Å². The molecule has 0 saturated heterocycles. The molecule has 0 aromatic heterocycles. The van der Waals surface area contributed by atoms with Crippen molar-refractivity contribution >= 4 is 6.21 Å². The molecule has 0 saturated carbocycles. The van der Waals surface area contributed by atoms with E-state index < -0.39 is 0 Å². The number of rotatable bonds is 2. The van der Waals surface area contributed by atoms with E-state index in [4.69, 9.17) is 4.74 Å². The third kappa shape index (κ3) is 2.47. The van der Waals surface area contributed by atoms with Gasteiger partial charge >= 0.3 is 0 Å². The summed E-state index contributed by atoms with van der Waals surface area (Å²) in [5.74, 6) is 2.09. The quantitative estimate of drug-likeness (QED) is 0.795. The predicted octanol–water partition coefficient (Wildman–Crippen LogP) is 2.36. The summed E-state index contributed by atoms with van der Waals surface area (Å²) >= 11 is 0. The van der Waals surface area contributed by atoms with Gasteiger partial charge in [0.25, 0.3) is 0 Å². The number of benzene rings is 1. The maximum absolute atomic E-state index is 5.57. The predicted molar refractivity (Wildman–Crippen MR) is 60.7 cm³/mol. The van der Waals surface area contributed by atoms with Crippen molar-refractivity contribution in [3.63, 3.8) is 0 Å². The molecule has 76 valence electrons. The van der Waals surface area contributed by atoms with Gasteiger partial charge in [0.2, 0.25) is 0 Å². The summed E-state index contributed by atoms with van der Waals surface area (Å²) in [6.07, 6.45) is 3.37. The molecule has 2 rings (SSSR count). The van der Waals surface area contributed by atoms with Crippen LogP contribution in [0.5, 0.6) is 5.75 Å². The van der Waals surface area contributed by atoms with Gasteiger partial charge in [-0.25, -0.2) is 4.99 Å². The van der Waals surface area contributed by atoms with Crippen LogP contribution in [-0.2, 0) is 0 Å². The Hall–Kier alpha value is -2.03. The molecule has 0 radical (unpaired) electrons. The number of aliphatic imine (C=N–C) groups is 1. The molecular weight excluding hydrogens is 188 g/mol. The number of allylic oxidation sites excluding steroid dienone is 1. The molecule has 1 aliphatic rings. The standard InChI is InChI=1S/C12H12N2O/c1-9-3-5-11(6-4-9)15-12-7-13-10(2)14-8-12/h3-8,13H,2H2,1H3. The van der Waals surface area contributed by atoms with Gasteiger partial charge in [-0.3, -0.25) is 0 Å². The van der Waals surface area contributed by atoms with Crippen LogP contribution in [0.15, 0.2) is 53.6 Å². The number of nitrogens with one attached hydrogen (secondary N) is 1. The van der Waals surface area contributed by atoms with Crippen LogP contribution < -0.4 is 10.1 Å². The Morgan fingerprint density at radius 2 is 2.00 bits per heavy atom. The summed E-state index contributed by atoms with van der Waals surface area (Å²) in [5.41, 5.74) is 1.21. The van der Waals surface area contributed by atoms with Crippen LogP contribution in [0.25, 0.3) is 0 Å². The average Bonchev–Trinajstić information content (AvgIpc) is 2.25. The van der Waals surface area contributed by atoms with Crippen molar-refractivity contribution < 1.29 is 4.74 Å². The lowest BCUT2D eigenvalue weighted by atomic mass is 10.2. The van der Waals surface area contributed by atoms with Crippen molar-refractivity contribution in [1.82, 2.24) is 5.32 Å². The highest BCUT2D eigenvalue weighted by Gasteiger charge is 2.02. The Morgan fingerprint density at radius 1 is 1.27 bits per heavy atom. The van der Waals surface area contributed by atoms with Crippen LogP contribution in [0.3, 0.4) is 0 Å². The zero-order chi connectivity index (χ0) is 10.7. The van der Waals surface area contributed by atoms with E-state index in [0.29, 0.717) is 11.6 Å². The second-order valence-electron chi connectivity index (χ2n) is 3.31. The molecule has 0 amide bonds. The molecule has 1 aromatic carbocycles. The molecule has 0 bridgehead atoms. The molecule has 0 atom stereocenters. The minimum atomic E-state index is 0.617. The minimum Gasteiger partial charge on any atom is -0.454 e. The zero-order valence-corrected chi connectivity index (χ0v) is 8.53. The van der Waals surface area contributed by atoms with E-state index in [1.165, 1.54) is 5.56 Å². The first kappa shape index (κ1) is 9.52. The van der Waals surface area contributed by atoms with Gasteiger partial charge in [-0.15, -0.1) is 0 Å². The van der Waals surface area contributed by atoms with Crippen molar-refractivity contribution in [3.8, 4) is 5.75 Å². The van der Waals surface area contributed by atoms with Crippen molar-refractivity contribution in [2.45, 2.75) is 6.92 Å². The Labute approximate surface area is 88.8 Å². The Morgan fingerprint density at radius 3 is 2.60 bits per heavy atom. The average molecular weight is 200 g/mol. The second-order valence-corrected chi connectivity index (χ2v) is 3.31. The fraction of sp³-hybridized carbons (Fsp3) is 0.0833. The second kappa shape index (κ2) is 4.00. The topological polar surface area (TPSA) is 33.6 Å². The molecular formula is C12H12N2O. The smallest absolute Gasteiger partial charge is 0.161 e. The first-order valence-electron chi connectivity index (χ1n) is 4.68. The van der Waals surface area contributed by atoms with Crippen LogP contribution in [-0.4, -0.2) is 6.21 Å². The molecule has 0 fully saturated rings. The number of nitrogens with zero attached hydrogens (tertiary/aromatic N) is 1. The van der Waals surface area contributed by atoms with E-state index in [9.17, 15) is 0 Å². The lowest BCUT2D eigenvalue weighted by molar-refractivity contribution is 0.451. The highest BCUT2D eigenvalue weighted by molar-refractivity contribution is 5.78. The molecule has 0 aliphatic carbocycles. The summed E-state index contributed by atoms with van der Waals surface area (Å²) in [7, 11) is 0. The van der Waals surface area contributed by atoms with E-state index in [1.54, 1.807) is 12.4 Å². The summed E-state index contributed by atoms with van der Waals surface area (Å²) in [5, 5.41) is 2.88. The normalized spacial score (nSPS) is 14.5. The van der Waals surface area contributed by atoms with Gasteiger partial charge in [0.1, 0.15) is 11.6 Å². The Balaban J connectivity index is 2.07. The van der Waals surface area contributed by atoms with Crippen LogP contribution >= 0.6 is 0 Å². The maximum atomic E-state index is 5.57. The van der Waals surface area contributed by atoms with Crippen molar-refractivity contribution in [2.75, 3.05) is 0 Å². The summed E-state index contributed by atoms with van der Waals surface area (Å²) in [6, 6.07) is 7.85. The van der Waals surface area contributed by atoms with E-state index in [1.807, 2.05) is 31.2 Å². The SMILES string of the molecule is C=C1N=CC(Oc2ccc(C)cc2)=CN1. The van der Waals surface area contributed by atoms with E-state index >= 15 is 0 Å². The summed E-state index contributed by atoms with van der Waals surface area (Å²) < 4.78 is 5.57. The molecule has 0 spiro atoms. The molecule has 1 aromatic rings. The molecule has 1 N–H and O–H groups in total. The van der Waals surface area contributed by atoms with Crippen molar-refractivity contribution in [1.29, 1.82) is 0 Å². The van der Waals surface area contributed by atoms with E-state index in [-0.39, 0.29) is 0 Å². The third-order valence-corrected chi connectivity index (χ3v) is 1.99. The molecule has 3 nitrogen and oxygen atoms in total. The van der Waals surface area contributed by atoms with Gasteiger partial charge in [-0.05, 0) is 19.1 Å². The van der Waals surface area contributed by atoms with Crippen LogP contribution in [0.2, 0.25) is 0 Å². The summed E-state index contributed by atoms with van der Waals surface area (Å²) in [4.78, 5) is 4.00. The first-order chi connectivity index (χ1) is 7.24. The monoisotopic (exact) mass is 200 g/mol. The molecule has 0 unspecified atom stereocenters. The highest BCUT2D eigenvalue weighted by atomic mass is 16.5. The molecule has 1 heterocycles. The fourth-order valence-corrected chi connectivity index (χ4v) is 1.17. The fourth-order valence-electron chi connectivity index (χ4n) is 1.17. The summed E-state index contributed by atoms with van der Waals surface area (Å²) in [6.45, 7) is 5.70. The largest absolute Gasteiger partial charge is 0.454 e. The number of ether oxygens (including phenoxy) is 1. The lowest BCUT2D eigenvalue weighted by Crippen LogP contribution is -2.12. The number of hydrogen-bond donors (Lipinski definition) is 1. The van der Waals surface area contributed by atoms with Gasteiger partial charge < -0.3 is 10.1 Å². The molecule has 1 aliphatic heterocycles. The van der Waals surface area contributed by atoms with Gasteiger partial charge in [-0.2, -0.15) is 0 Å². The van der Waals surface area contributed by atoms with Crippen molar-refractivity contribution in [3.05, 3.63) is 54.2 Å². The van der Waals surface area contributed by atoms with Gasteiger partial charge in [0.15, 0.2) is 5.76 Å². The minimum absolute atomic E-state index is 0.617. The number of hydrogen-bond acceptors (Lipinski definition) is 3. The van der Waals surface area contributed by atoms with Crippen LogP contribution in [0.1, 0.15) is 5.56 Å². The Kier molecular flexibility index (Phi) is 2.54. The molecule has 15 heavy (non-hydrogen) atoms. The van der Waals surface area contributed by atoms with Crippen molar-refractivity contribution in [2.24, 2.45) is 4.99 Å². The van der Waals surface area contributed by atoms with Gasteiger partial charge in [0.05, 0.1) is 6.21 Å². The lowest BCUT2D eigenvalue weighted by Gasteiger charge is -2.10. The van der Waals surface area contributed by atoms with Crippen LogP contribution in [0, 0.1) is 6.92 Å². The Bertz CT molecular complexity index is 429. The zero-order valence-electron chi connectivity index (χ0n) is 8.53. The van der Waals surface area contributed by atoms with Crippen LogP contribution in [0.4, 0.5) is 0 Å². The molecule has 3 heteroatoms. The maximum Gasteiger partial charge on any atom is 0.161 e. The highest BCUT2D eigenvalue weighted by Crippen LogP contribution is 2.14. The third-order valence-electron chi connectivity index (χ3n) is 1.99. The first-order valence-corrected chi connectivity index (χ1v) is 4.68. The van der Waals surface area contributed by atoms with E-state index in [2.05, 4.69) is 16.9 Å². The van der Waals surface area contributed by atoms with Gasteiger partial charge in [0, 0.05) is 6.20 Å².